The first-order chi connectivity index (χ1) is 10.6. The molecule has 0 saturated carbocycles. The molecule has 112 valence electrons. The monoisotopic (exact) mass is 332 g/mol. The number of pyridine rings is 1. The van der Waals surface area contributed by atoms with Crippen molar-refractivity contribution in [2.24, 2.45) is 0 Å². The Hall–Kier alpha value is -2.16. The Labute approximate surface area is 135 Å². The molecule has 3 N–H and O–H groups in total. The van der Waals surface area contributed by atoms with Gasteiger partial charge in [-0.2, -0.15) is 4.98 Å². The SMILES string of the molecule is CC(=O)Nc1nc(C)c(-c2csc([NH2+]c3ccccn3)n2)s1. The van der Waals surface area contributed by atoms with E-state index in [0.29, 0.717) is 5.13 Å². The lowest BCUT2D eigenvalue weighted by atomic mass is 10.3. The van der Waals surface area contributed by atoms with Gasteiger partial charge in [-0.15, -0.1) is 0 Å². The zero-order valence-electron chi connectivity index (χ0n) is 12.0. The summed E-state index contributed by atoms with van der Waals surface area (Å²) in [5.74, 6) is 0.756. The van der Waals surface area contributed by atoms with E-state index in [1.807, 2.05) is 35.8 Å². The van der Waals surface area contributed by atoms with Crippen LogP contribution in [0, 0.1) is 6.92 Å². The smallest absolute Gasteiger partial charge is 0.289 e. The number of aryl methyl sites for hydroxylation is 1. The molecule has 0 aliphatic heterocycles. The number of anilines is 1. The van der Waals surface area contributed by atoms with Crippen molar-refractivity contribution in [2.45, 2.75) is 13.8 Å². The van der Waals surface area contributed by atoms with Gasteiger partial charge in [0, 0.05) is 24.6 Å². The second kappa shape index (κ2) is 6.30. The van der Waals surface area contributed by atoms with E-state index in [1.165, 1.54) is 18.3 Å². The van der Waals surface area contributed by atoms with Crippen LogP contribution in [0.5, 0.6) is 0 Å². The van der Waals surface area contributed by atoms with Gasteiger partial charge in [0.15, 0.2) is 5.13 Å². The highest BCUT2D eigenvalue weighted by molar-refractivity contribution is 7.19. The number of quaternary nitrogens is 1. The van der Waals surface area contributed by atoms with Crippen molar-refractivity contribution in [3.05, 3.63) is 35.5 Å². The minimum absolute atomic E-state index is 0.122. The fourth-order valence-electron chi connectivity index (χ4n) is 1.88. The maximum absolute atomic E-state index is 11.1. The van der Waals surface area contributed by atoms with Crippen LogP contribution in [0.25, 0.3) is 10.6 Å². The maximum Gasteiger partial charge on any atom is 0.289 e. The molecule has 3 rings (SSSR count). The lowest BCUT2D eigenvalue weighted by Crippen LogP contribution is -2.71. The second-order valence-electron chi connectivity index (χ2n) is 4.58. The maximum atomic E-state index is 11.1. The molecule has 22 heavy (non-hydrogen) atoms. The van der Waals surface area contributed by atoms with E-state index in [2.05, 4.69) is 20.3 Å². The molecular weight excluding hydrogens is 318 g/mol. The van der Waals surface area contributed by atoms with E-state index in [4.69, 9.17) is 0 Å². The lowest BCUT2D eigenvalue weighted by molar-refractivity contribution is -0.482. The zero-order valence-corrected chi connectivity index (χ0v) is 13.7. The summed E-state index contributed by atoms with van der Waals surface area (Å²) >= 11 is 2.99. The number of nitrogens with zero attached hydrogens (tertiary/aromatic N) is 3. The largest absolute Gasteiger partial charge is 0.302 e. The van der Waals surface area contributed by atoms with Gasteiger partial charge >= 0.3 is 0 Å². The number of thiazole rings is 2. The molecule has 0 aromatic carbocycles. The summed E-state index contributed by atoms with van der Waals surface area (Å²) < 4.78 is 0. The molecule has 1 amide bonds. The van der Waals surface area contributed by atoms with E-state index in [1.54, 1.807) is 17.5 Å². The first-order valence-electron chi connectivity index (χ1n) is 6.58. The van der Waals surface area contributed by atoms with Gasteiger partial charge < -0.3 is 5.32 Å². The van der Waals surface area contributed by atoms with Gasteiger partial charge in [0.2, 0.25) is 11.7 Å². The van der Waals surface area contributed by atoms with Gasteiger partial charge in [0.05, 0.1) is 16.3 Å². The fraction of sp³-hybridized carbons (Fsp3) is 0.143. The molecule has 0 spiro atoms. The summed E-state index contributed by atoms with van der Waals surface area (Å²) in [6.07, 6.45) is 1.76. The van der Waals surface area contributed by atoms with Gasteiger partial charge in [-0.3, -0.25) is 4.79 Å². The molecule has 0 saturated heterocycles. The minimum Gasteiger partial charge on any atom is -0.302 e. The third kappa shape index (κ3) is 3.35. The number of rotatable bonds is 4. The standard InChI is InChI=1S/C14H13N5OS2/c1-8-12(22-14(16-8)17-9(2)20)10-7-21-13(18-10)19-11-5-3-4-6-15-11/h3-7H,1-2H3,(H,15,18,19)(H,16,17,20)/p+1. The van der Waals surface area contributed by atoms with Crippen LogP contribution in [0.1, 0.15) is 12.6 Å². The molecule has 0 bridgehead atoms. The number of nitrogens with one attached hydrogen (secondary N) is 1. The van der Waals surface area contributed by atoms with E-state index in [-0.39, 0.29) is 5.91 Å². The highest BCUT2D eigenvalue weighted by Gasteiger charge is 2.15. The van der Waals surface area contributed by atoms with Gasteiger partial charge in [-0.25, -0.2) is 15.3 Å². The van der Waals surface area contributed by atoms with Gasteiger partial charge in [-0.1, -0.05) is 28.7 Å². The van der Waals surface area contributed by atoms with Crippen LogP contribution in [0.4, 0.5) is 16.1 Å². The van der Waals surface area contributed by atoms with Crippen LogP contribution < -0.4 is 10.6 Å². The minimum atomic E-state index is -0.122. The summed E-state index contributed by atoms with van der Waals surface area (Å²) in [4.78, 5) is 25.3. The van der Waals surface area contributed by atoms with Crippen molar-refractivity contribution in [3.8, 4) is 10.6 Å². The highest BCUT2D eigenvalue weighted by Crippen LogP contribution is 2.33. The molecule has 0 radical (unpaired) electrons. The first-order valence-corrected chi connectivity index (χ1v) is 8.28. The fourth-order valence-corrected chi connectivity index (χ4v) is 3.67. The van der Waals surface area contributed by atoms with Gasteiger partial charge in [0.25, 0.3) is 5.13 Å². The average molecular weight is 332 g/mol. The van der Waals surface area contributed by atoms with Crippen molar-refractivity contribution >= 4 is 44.7 Å². The van der Waals surface area contributed by atoms with Crippen LogP contribution in [0.15, 0.2) is 29.8 Å². The van der Waals surface area contributed by atoms with Crippen molar-refractivity contribution in [1.29, 1.82) is 0 Å². The number of aromatic nitrogens is 3. The first kappa shape index (κ1) is 14.8. The molecular formula is C14H14N5OS2+. The average Bonchev–Trinajstić information content (AvgIpc) is 3.06. The Morgan fingerprint density at radius 3 is 2.91 bits per heavy atom. The molecule has 3 heterocycles. The quantitative estimate of drug-likeness (QED) is 0.768. The number of nitrogens with two attached hydrogens (primary N) is 1. The summed E-state index contributed by atoms with van der Waals surface area (Å²) in [6, 6.07) is 5.77. The Morgan fingerprint density at radius 1 is 1.32 bits per heavy atom. The van der Waals surface area contributed by atoms with E-state index >= 15 is 0 Å². The Bertz CT molecular complexity index is 797. The van der Waals surface area contributed by atoms with Crippen molar-refractivity contribution < 1.29 is 10.1 Å². The highest BCUT2D eigenvalue weighted by atomic mass is 32.1. The summed E-state index contributed by atoms with van der Waals surface area (Å²) in [5.41, 5.74) is 1.74. The molecule has 0 unspecified atom stereocenters. The van der Waals surface area contributed by atoms with Gasteiger partial charge in [0.1, 0.15) is 0 Å². The van der Waals surface area contributed by atoms with Crippen molar-refractivity contribution in [2.75, 3.05) is 5.32 Å². The van der Waals surface area contributed by atoms with Crippen LogP contribution in [0.2, 0.25) is 0 Å². The van der Waals surface area contributed by atoms with Crippen LogP contribution in [-0.2, 0) is 4.79 Å². The van der Waals surface area contributed by atoms with E-state index in [9.17, 15) is 4.79 Å². The molecule has 0 aliphatic carbocycles. The van der Waals surface area contributed by atoms with Crippen LogP contribution in [0.3, 0.4) is 0 Å². The lowest BCUT2D eigenvalue weighted by Gasteiger charge is -1.93. The van der Waals surface area contributed by atoms with Crippen molar-refractivity contribution in [3.63, 3.8) is 0 Å². The Kier molecular flexibility index (Phi) is 4.23. The summed E-state index contributed by atoms with van der Waals surface area (Å²) in [7, 11) is 0. The number of amides is 1. The summed E-state index contributed by atoms with van der Waals surface area (Å²) in [5, 5.41) is 8.14. The predicted octanol–water partition coefficient (Wildman–Crippen LogP) is 2.46. The number of hydrogen-bond acceptors (Lipinski definition) is 6. The second-order valence-corrected chi connectivity index (χ2v) is 6.47. The van der Waals surface area contributed by atoms with E-state index in [0.717, 1.165) is 27.2 Å². The molecule has 0 aliphatic rings. The third-order valence-corrected chi connectivity index (χ3v) is 4.68. The third-order valence-electron chi connectivity index (χ3n) is 2.79. The predicted molar refractivity (Wildman–Crippen MR) is 87.7 cm³/mol. The number of carbonyl (C=O) groups excluding carboxylic acids is 1. The summed E-state index contributed by atoms with van der Waals surface area (Å²) in [6.45, 7) is 3.39. The molecule has 3 aromatic heterocycles. The van der Waals surface area contributed by atoms with Crippen LogP contribution >= 0.6 is 22.7 Å². The molecule has 6 nitrogen and oxygen atoms in total. The molecule has 0 fully saturated rings. The van der Waals surface area contributed by atoms with Crippen molar-refractivity contribution in [1.82, 2.24) is 15.0 Å². The normalized spacial score (nSPS) is 10.6. The zero-order chi connectivity index (χ0) is 15.5. The number of carbonyl (C=O) groups is 1. The molecule has 0 atom stereocenters. The Morgan fingerprint density at radius 2 is 2.18 bits per heavy atom. The van der Waals surface area contributed by atoms with Gasteiger partial charge in [-0.05, 0) is 13.0 Å². The number of hydrogen-bond donors (Lipinski definition) is 2. The van der Waals surface area contributed by atoms with E-state index < -0.39 is 0 Å². The Balaban J connectivity index is 1.81. The topological polar surface area (TPSA) is 84.4 Å². The van der Waals surface area contributed by atoms with Crippen LogP contribution in [-0.4, -0.2) is 20.9 Å². The molecule has 3 aromatic rings. The molecule has 8 heteroatoms.